The zero-order chi connectivity index (χ0) is 17.8. The van der Waals surface area contributed by atoms with E-state index < -0.39 is 11.9 Å². The van der Waals surface area contributed by atoms with E-state index >= 15 is 0 Å². The van der Waals surface area contributed by atoms with Crippen molar-refractivity contribution >= 4 is 5.95 Å². The van der Waals surface area contributed by atoms with Gasteiger partial charge in [-0.1, -0.05) is 0 Å². The smallest absolute Gasteiger partial charge is 0.336 e. The first-order chi connectivity index (χ1) is 11.8. The van der Waals surface area contributed by atoms with Gasteiger partial charge in [-0.25, -0.2) is 9.97 Å². The molecular weight excluding hydrogens is 331 g/mol. The Morgan fingerprint density at radius 2 is 1.80 bits per heavy atom. The molecule has 4 rings (SSSR count). The molecule has 134 valence electrons. The fourth-order valence-corrected chi connectivity index (χ4v) is 3.75. The SMILES string of the molecule is Cc1cc(C)n(C2CN(c3nc4c(c(C(F)(F)F)n3)CCCC4)C2)n1. The van der Waals surface area contributed by atoms with Crippen LogP contribution in [-0.4, -0.2) is 32.8 Å². The molecule has 0 unspecified atom stereocenters. The maximum atomic E-state index is 13.4. The molecule has 0 saturated carbocycles. The van der Waals surface area contributed by atoms with Crippen molar-refractivity contribution < 1.29 is 13.2 Å². The van der Waals surface area contributed by atoms with Gasteiger partial charge in [-0.05, 0) is 45.6 Å². The van der Waals surface area contributed by atoms with Gasteiger partial charge in [-0.2, -0.15) is 18.3 Å². The summed E-state index contributed by atoms with van der Waals surface area (Å²) in [6.07, 6.45) is -1.77. The van der Waals surface area contributed by atoms with Gasteiger partial charge in [0.25, 0.3) is 0 Å². The first-order valence-electron chi connectivity index (χ1n) is 8.57. The molecule has 1 saturated heterocycles. The minimum atomic E-state index is -4.43. The summed E-state index contributed by atoms with van der Waals surface area (Å²) in [6.45, 7) is 5.08. The van der Waals surface area contributed by atoms with Gasteiger partial charge in [0.1, 0.15) is 0 Å². The van der Waals surface area contributed by atoms with Crippen molar-refractivity contribution in [3.63, 3.8) is 0 Å². The summed E-state index contributed by atoms with van der Waals surface area (Å²) in [4.78, 5) is 10.2. The van der Waals surface area contributed by atoms with E-state index in [4.69, 9.17) is 0 Å². The number of aromatic nitrogens is 4. The monoisotopic (exact) mass is 351 g/mol. The highest BCUT2D eigenvalue weighted by atomic mass is 19.4. The molecule has 25 heavy (non-hydrogen) atoms. The minimum Gasteiger partial charge on any atom is -0.336 e. The zero-order valence-corrected chi connectivity index (χ0v) is 14.3. The molecule has 1 aliphatic carbocycles. The molecule has 3 heterocycles. The zero-order valence-electron chi connectivity index (χ0n) is 14.3. The van der Waals surface area contributed by atoms with Gasteiger partial charge in [0.05, 0.1) is 11.7 Å². The third kappa shape index (κ3) is 2.87. The first-order valence-corrected chi connectivity index (χ1v) is 8.57. The van der Waals surface area contributed by atoms with Crippen LogP contribution in [0.5, 0.6) is 0 Å². The van der Waals surface area contributed by atoms with Gasteiger partial charge in [0, 0.05) is 30.0 Å². The number of alkyl halides is 3. The lowest BCUT2D eigenvalue weighted by molar-refractivity contribution is -0.142. The fourth-order valence-electron chi connectivity index (χ4n) is 3.75. The molecule has 0 bridgehead atoms. The van der Waals surface area contributed by atoms with Gasteiger partial charge in [-0.15, -0.1) is 0 Å². The summed E-state index contributed by atoms with van der Waals surface area (Å²) >= 11 is 0. The van der Waals surface area contributed by atoms with E-state index in [1.807, 2.05) is 29.5 Å². The number of rotatable bonds is 2. The highest BCUT2D eigenvalue weighted by molar-refractivity contribution is 5.42. The normalized spacial score (nSPS) is 18.2. The average Bonchev–Trinajstić information content (AvgIpc) is 2.82. The van der Waals surface area contributed by atoms with Crippen LogP contribution in [0.1, 0.15) is 47.2 Å². The van der Waals surface area contributed by atoms with E-state index in [1.165, 1.54) is 0 Å². The van der Waals surface area contributed by atoms with E-state index in [-0.39, 0.29) is 17.6 Å². The molecule has 0 aromatic carbocycles. The lowest BCUT2D eigenvalue weighted by Gasteiger charge is -2.40. The first kappa shape index (κ1) is 16.4. The lowest BCUT2D eigenvalue weighted by atomic mass is 9.94. The Labute approximate surface area is 143 Å². The Kier molecular flexibility index (Phi) is 3.73. The van der Waals surface area contributed by atoms with E-state index in [0.29, 0.717) is 31.6 Å². The molecule has 0 spiro atoms. The summed E-state index contributed by atoms with van der Waals surface area (Å²) in [5, 5.41) is 4.46. The standard InChI is InChI=1S/C17H20F3N5/c1-10-7-11(2)25(23-10)12-8-24(9-12)16-21-14-6-4-3-5-13(14)15(22-16)17(18,19)20/h7,12H,3-6,8-9H2,1-2H3. The third-order valence-electron chi connectivity index (χ3n) is 4.98. The maximum Gasteiger partial charge on any atom is 0.433 e. The summed E-state index contributed by atoms with van der Waals surface area (Å²) in [5.41, 5.74) is 2.11. The molecular formula is C17H20F3N5. The van der Waals surface area contributed by atoms with Crippen LogP contribution in [0.3, 0.4) is 0 Å². The lowest BCUT2D eigenvalue weighted by Crippen LogP contribution is -2.49. The summed E-state index contributed by atoms with van der Waals surface area (Å²) in [7, 11) is 0. The van der Waals surface area contributed by atoms with Crippen LogP contribution < -0.4 is 4.90 Å². The Balaban J connectivity index is 1.61. The van der Waals surface area contributed by atoms with Crippen LogP contribution in [0.2, 0.25) is 0 Å². The number of nitrogens with zero attached hydrogens (tertiary/aromatic N) is 5. The van der Waals surface area contributed by atoms with Crippen molar-refractivity contribution in [2.45, 2.75) is 51.7 Å². The molecule has 2 aliphatic rings. The van der Waals surface area contributed by atoms with Gasteiger partial charge >= 0.3 is 6.18 Å². The van der Waals surface area contributed by atoms with Gasteiger partial charge in [0.15, 0.2) is 5.69 Å². The second-order valence-corrected chi connectivity index (χ2v) is 6.93. The van der Waals surface area contributed by atoms with Gasteiger partial charge in [0.2, 0.25) is 5.95 Å². The van der Waals surface area contributed by atoms with Crippen molar-refractivity contribution in [2.24, 2.45) is 0 Å². The quantitative estimate of drug-likeness (QED) is 0.833. The van der Waals surface area contributed by atoms with Crippen LogP contribution in [0.25, 0.3) is 0 Å². The molecule has 1 aliphatic heterocycles. The van der Waals surface area contributed by atoms with Crippen LogP contribution in [0.15, 0.2) is 6.07 Å². The Hall–Kier alpha value is -2.12. The summed E-state index contributed by atoms with van der Waals surface area (Å²) in [6, 6.07) is 2.16. The molecule has 0 atom stereocenters. The molecule has 2 aromatic rings. The number of aryl methyl sites for hydroxylation is 3. The molecule has 0 amide bonds. The van der Waals surface area contributed by atoms with Gasteiger partial charge in [-0.3, -0.25) is 4.68 Å². The van der Waals surface area contributed by atoms with Crippen molar-refractivity contribution in [1.29, 1.82) is 0 Å². The van der Waals surface area contributed by atoms with Crippen LogP contribution in [-0.2, 0) is 19.0 Å². The molecule has 8 heteroatoms. The molecule has 2 aromatic heterocycles. The predicted molar refractivity (Wildman–Crippen MR) is 86.6 cm³/mol. The van der Waals surface area contributed by atoms with Crippen molar-refractivity contribution in [3.8, 4) is 0 Å². The van der Waals surface area contributed by atoms with Crippen LogP contribution in [0.4, 0.5) is 19.1 Å². The number of hydrogen-bond acceptors (Lipinski definition) is 4. The molecule has 0 radical (unpaired) electrons. The summed E-state index contributed by atoms with van der Waals surface area (Å²) < 4.78 is 42.2. The number of hydrogen-bond donors (Lipinski definition) is 0. The van der Waals surface area contributed by atoms with Crippen molar-refractivity contribution in [2.75, 3.05) is 18.0 Å². The second kappa shape index (κ2) is 5.71. The van der Waals surface area contributed by atoms with E-state index in [9.17, 15) is 13.2 Å². The molecule has 1 fully saturated rings. The van der Waals surface area contributed by atoms with Gasteiger partial charge < -0.3 is 4.90 Å². The summed E-state index contributed by atoms with van der Waals surface area (Å²) in [5.74, 6) is 0.200. The largest absolute Gasteiger partial charge is 0.433 e. The van der Waals surface area contributed by atoms with Crippen LogP contribution >= 0.6 is 0 Å². The highest BCUT2D eigenvalue weighted by Crippen LogP contribution is 2.37. The second-order valence-electron chi connectivity index (χ2n) is 6.93. The van der Waals surface area contributed by atoms with E-state index in [1.54, 1.807) is 0 Å². The van der Waals surface area contributed by atoms with Crippen molar-refractivity contribution in [3.05, 3.63) is 34.4 Å². The number of halogens is 3. The van der Waals surface area contributed by atoms with E-state index in [2.05, 4.69) is 15.1 Å². The maximum absolute atomic E-state index is 13.4. The molecule has 5 nitrogen and oxygen atoms in total. The number of fused-ring (bicyclic) bond motifs is 1. The highest BCUT2D eigenvalue weighted by Gasteiger charge is 2.40. The Morgan fingerprint density at radius 1 is 1.08 bits per heavy atom. The third-order valence-corrected chi connectivity index (χ3v) is 4.98. The minimum absolute atomic E-state index is 0.155. The number of anilines is 1. The average molecular weight is 351 g/mol. The predicted octanol–water partition coefficient (Wildman–Crippen LogP) is 3.25. The Morgan fingerprint density at radius 3 is 2.44 bits per heavy atom. The molecule has 0 N–H and O–H groups in total. The Bertz CT molecular complexity index is 805. The van der Waals surface area contributed by atoms with Crippen molar-refractivity contribution in [1.82, 2.24) is 19.7 Å². The van der Waals surface area contributed by atoms with E-state index in [0.717, 1.165) is 24.2 Å². The van der Waals surface area contributed by atoms with Crippen LogP contribution in [0, 0.1) is 13.8 Å². The fraction of sp³-hybridized carbons (Fsp3) is 0.588. The topological polar surface area (TPSA) is 46.8 Å².